The van der Waals surface area contributed by atoms with Gasteiger partial charge in [-0.05, 0) is 24.4 Å². The van der Waals surface area contributed by atoms with Gasteiger partial charge in [0.05, 0.1) is 11.6 Å². The predicted molar refractivity (Wildman–Crippen MR) is 87.3 cm³/mol. The van der Waals surface area contributed by atoms with Gasteiger partial charge in [-0.3, -0.25) is 9.89 Å². The van der Waals surface area contributed by atoms with Gasteiger partial charge in [-0.25, -0.2) is 4.79 Å². The largest absolute Gasteiger partial charge is 0.451 e. The Balaban J connectivity index is 1.57. The third kappa shape index (κ3) is 3.40. The summed E-state index contributed by atoms with van der Waals surface area (Å²) >= 11 is 1.56. The van der Waals surface area contributed by atoms with E-state index in [4.69, 9.17) is 4.74 Å². The molecule has 3 rings (SSSR count). The molecule has 6 nitrogen and oxygen atoms in total. The van der Waals surface area contributed by atoms with Crippen LogP contribution >= 0.6 is 11.3 Å². The average molecular weight is 329 g/mol. The van der Waals surface area contributed by atoms with Crippen LogP contribution in [0.5, 0.6) is 0 Å². The van der Waals surface area contributed by atoms with Crippen molar-refractivity contribution < 1.29 is 14.3 Å². The standard InChI is InChI=1S/C16H15N3O3S/c1-10(13-7-4-8-23-13)17-14(20)9-22-16(21)15-11-5-2-3-6-12(11)18-19-15/h2-8,10H,9H2,1H3,(H,17,20)(H,18,19)/t10-/m0/s1. The number of aromatic nitrogens is 2. The Morgan fingerprint density at radius 3 is 2.91 bits per heavy atom. The summed E-state index contributed by atoms with van der Waals surface area (Å²) in [6.07, 6.45) is 0. The zero-order valence-corrected chi connectivity index (χ0v) is 13.2. The number of esters is 1. The third-order valence-corrected chi connectivity index (χ3v) is 4.40. The summed E-state index contributed by atoms with van der Waals surface area (Å²) in [4.78, 5) is 25.0. The monoisotopic (exact) mass is 329 g/mol. The minimum absolute atomic E-state index is 0.118. The summed E-state index contributed by atoms with van der Waals surface area (Å²) in [6.45, 7) is 1.54. The number of benzene rings is 1. The molecule has 2 N–H and O–H groups in total. The number of nitrogens with zero attached hydrogens (tertiary/aromatic N) is 1. The number of carbonyl (C=O) groups excluding carboxylic acids is 2. The Bertz CT molecular complexity index is 826. The number of hydrogen-bond acceptors (Lipinski definition) is 5. The van der Waals surface area contributed by atoms with Gasteiger partial charge in [-0.2, -0.15) is 5.10 Å². The number of aromatic amines is 1. The van der Waals surface area contributed by atoms with Gasteiger partial charge < -0.3 is 10.1 Å². The molecule has 0 aliphatic carbocycles. The van der Waals surface area contributed by atoms with Gasteiger partial charge in [0.2, 0.25) is 0 Å². The smallest absolute Gasteiger partial charge is 0.359 e. The molecule has 0 unspecified atom stereocenters. The molecule has 0 aliphatic rings. The van der Waals surface area contributed by atoms with Crippen molar-refractivity contribution in [2.45, 2.75) is 13.0 Å². The molecule has 1 amide bonds. The first kappa shape index (κ1) is 15.2. The number of ether oxygens (including phenoxy) is 1. The quantitative estimate of drug-likeness (QED) is 0.705. The SMILES string of the molecule is C[C@H](NC(=O)COC(=O)c1n[nH]c2ccccc12)c1cccs1. The van der Waals surface area contributed by atoms with Crippen LogP contribution in [0.3, 0.4) is 0 Å². The van der Waals surface area contributed by atoms with Crippen LogP contribution in [0.25, 0.3) is 10.9 Å². The highest BCUT2D eigenvalue weighted by Gasteiger charge is 2.17. The number of H-pyrrole nitrogens is 1. The van der Waals surface area contributed by atoms with Crippen molar-refractivity contribution in [1.29, 1.82) is 0 Å². The summed E-state index contributed by atoms with van der Waals surface area (Å²) in [5.41, 5.74) is 0.926. The van der Waals surface area contributed by atoms with E-state index in [9.17, 15) is 9.59 Å². The molecule has 0 aliphatic heterocycles. The highest BCUT2D eigenvalue weighted by Crippen LogP contribution is 2.18. The van der Waals surface area contributed by atoms with Crippen molar-refractivity contribution in [2.75, 3.05) is 6.61 Å². The maximum atomic E-state index is 12.1. The molecular formula is C16H15N3O3S. The first-order chi connectivity index (χ1) is 11.1. The molecule has 118 valence electrons. The molecule has 0 saturated heterocycles. The number of amides is 1. The van der Waals surface area contributed by atoms with E-state index in [0.29, 0.717) is 5.39 Å². The maximum absolute atomic E-state index is 12.1. The molecular weight excluding hydrogens is 314 g/mol. The first-order valence-corrected chi connectivity index (χ1v) is 7.96. The molecule has 1 atom stereocenters. The van der Waals surface area contributed by atoms with E-state index >= 15 is 0 Å². The second-order valence-corrected chi connectivity index (χ2v) is 5.98. The van der Waals surface area contributed by atoms with Crippen LogP contribution in [0.4, 0.5) is 0 Å². The number of thiophene rings is 1. The third-order valence-electron chi connectivity index (χ3n) is 3.35. The molecule has 7 heteroatoms. The summed E-state index contributed by atoms with van der Waals surface area (Å²) in [7, 11) is 0. The van der Waals surface area contributed by atoms with Gasteiger partial charge in [-0.15, -0.1) is 11.3 Å². The van der Waals surface area contributed by atoms with Crippen LogP contribution in [-0.2, 0) is 9.53 Å². The van der Waals surface area contributed by atoms with Crippen molar-refractivity contribution in [3.8, 4) is 0 Å². The molecule has 2 aromatic heterocycles. The van der Waals surface area contributed by atoms with Crippen LogP contribution in [0.2, 0.25) is 0 Å². The Kier molecular flexibility index (Phi) is 4.38. The van der Waals surface area contributed by atoms with Crippen molar-refractivity contribution in [3.05, 3.63) is 52.3 Å². The number of hydrogen-bond donors (Lipinski definition) is 2. The fourth-order valence-corrected chi connectivity index (χ4v) is 2.94. The van der Waals surface area contributed by atoms with Crippen LogP contribution in [0.1, 0.15) is 28.3 Å². The second-order valence-electron chi connectivity index (χ2n) is 5.00. The van der Waals surface area contributed by atoms with E-state index in [-0.39, 0.29) is 24.2 Å². The molecule has 2 heterocycles. The lowest BCUT2D eigenvalue weighted by atomic mass is 10.2. The van der Waals surface area contributed by atoms with E-state index in [0.717, 1.165) is 10.4 Å². The van der Waals surface area contributed by atoms with Crippen molar-refractivity contribution in [2.24, 2.45) is 0 Å². The summed E-state index contributed by atoms with van der Waals surface area (Å²) in [5, 5.41) is 12.1. The normalized spacial score (nSPS) is 12.0. The summed E-state index contributed by atoms with van der Waals surface area (Å²) in [6, 6.07) is 11.0. The average Bonchev–Trinajstić information content (AvgIpc) is 3.22. The number of rotatable bonds is 5. The van der Waals surface area contributed by atoms with Gasteiger partial charge in [0.1, 0.15) is 0 Å². The molecule has 0 spiro atoms. The highest BCUT2D eigenvalue weighted by molar-refractivity contribution is 7.10. The van der Waals surface area contributed by atoms with Crippen molar-refractivity contribution in [3.63, 3.8) is 0 Å². The number of fused-ring (bicyclic) bond motifs is 1. The fraction of sp³-hybridized carbons (Fsp3) is 0.188. The van der Waals surface area contributed by atoms with Gasteiger partial charge in [0.25, 0.3) is 5.91 Å². The summed E-state index contributed by atoms with van der Waals surface area (Å²) < 4.78 is 5.04. The van der Waals surface area contributed by atoms with Gasteiger partial charge in [0, 0.05) is 10.3 Å². The number of carbonyl (C=O) groups is 2. The number of para-hydroxylation sites is 1. The minimum atomic E-state index is -0.624. The van der Waals surface area contributed by atoms with Crippen LogP contribution < -0.4 is 5.32 Å². The Morgan fingerprint density at radius 2 is 2.13 bits per heavy atom. The van der Waals surface area contributed by atoms with Crippen LogP contribution in [0, 0.1) is 0 Å². The molecule has 0 radical (unpaired) electrons. The predicted octanol–water partition coefficient (Wildman–Crippen LogP) is 2.66. The van der Waals surface area contributed by atoms with E-state index in [1.54, 1.807) is 17.4 Å². The van der Waals surface area contributed by atoms with Gasteiger partial charge in [-0.1, -0.05) is 24.3 Å². The Hall–Kier alpha value is -2.67. The molecule has 3 aromatic rings. The minimum Gasteiger partial charge on any atom is -0.451 e. The van der Waals surface area contributed by atoms with E-state index < -0.39 is 5.97 Å². The fourth-order valence-electron chi connectivity index (χ4n) is 2.21. The molecule has 0 saturated carbocycles. The zero-order valence-electron chi connectivity index (χ0n) is 12.4. The molecule has 0 bridgehead atoms. The Labute approximate surface area is 136 Å². The van der Waals surface area contributed by atoms with Gasteiger partial charge >= 0.3 is 5.97 Å². The Morgan fingerprint density at radius 1 is 1.30 bits per heavy atom. The highest BCUT2D eigenvalue weighted by atomic mass is 32.1. The molecule has 1 aromatic carbocycles. The van der Waals surface area contributed by atoms with Crippen molar-refractivity contribution >= 4 is 34.1 Å². The second kappa shape index (κ2) is 6.62. The van der Waals surface area contributed by atoms with E-state index in [1.165, 1.54) is 0 Å². The lowest BCUT2D eigenvalue weighted by Gasteiger charge is -2.12. The van der Waals surface area contributed by atoms with E-state index in [1.807, 2.05) is 42.6 Å². The number of nitrogens with one attached hydrogen (secondary N) is 2. The van der Waals surface area contributed by atoms with E-state index in [2.05, 4.69) is 15.5 Å². The summed E-state index contributed by atoms with van der Waals surface area (Å²) in [5.74, 6) is -0.972. The molecule has 23 heavy (non-hydrogen) atoms. The van der Waals surface area contributed by atoms with Crippen LogP contribution in [-0.4, -0.2) is 28.7 Å². The maximum Gasteiger partial charge on any atom is 0.359 e. The zero-order chi connectivity index (χ0) is 16.2. The van der Waals surface area contributed by atoms with Gasteiger partial charge in [0.15, 0.2) is 12.3 Å². The lowest BCUT2D eigenvalue weighted by molar-refractivity contribution is -0.124. The first-order valence-electron chi connectivity index (χ1n) is 7.08. The lowest BCUT2D eigenvalue weighted by Crippen LogP contribution is -2.30. The van der Waals surface area contributed by atoms with Crippen molar-refractivity contribution in [1.82, 2.24) is 15.5 Å². The topological polar surface area (TPSA) is 84.1 Å². The molecule has 0 fully saturated rings. The van der Waals surface area contributed by atoms with Crippen LogP contribution in [0.15, 0.2) is 41.8 Å².